The van der Waals surface area contributed by atoms with Crippen molar-refractivity contribution in [2.45, 2.75) is 38.5 Å². The molecule has 2 fully saturated rings. The highest BCUT2D eigenvalue weighted by Crippen LogP contribution is 2.30. The molecule has 0 atom stereocenters. The Labute approximate surface area is 106 Å². The lowest BCUT2D eigenvalue weighted by molar-refractivity contribution is 0.0533. The molecule has 0 radical (unpaired) electrons. The number of ether oxygens (including phenoxy) is 1. The Kier molecular flexibility index (Phi) is 5.26. The van der Waals surface area contributed by atoms with E-state index < -0.39 is 0 Å². The highest BCUT2D eigenvalue weighted by atomic mass is 16.5. The van der Waals surface area contributed by atoms with Crippen molar-refractivity contribution in [1.29, 1.82) is 0 Å². The van der Waals surface area contributed by atoms with E-state index >= 15 is 0 Å². The van der Waals surface area contributed by atoms with Gasteiger partial charge in [0.25, 0.3) is 0 Å². The smallest absolute Gasteiger partial charge is 0.0531 e. The van der Waals surface area contributed by atoms with Crippen molar-refractivity contribution in [2.75, 3.05) is 39.9 Å². The van der Waals surface area contributed by atoms with Crippen molar-refractivity contribution in [3.05, 3.63) is 0 Å². The molecule has 100 valence electrons. The second-order valence-corrected chi connectivity index (χ2v) is 5.95. The molecule has 17 heavy (non-hydrogen) atoms. The average molecular weight is 240 g/mol. The Hall–Kier alpha value is -0.120. The van der Waals surface area contributed by atoms with Crippen molar-refractivity contribution in [1.82, 2.24) is 10.6 Å². The average Bonchev–Trinajstić information content (AvgIpc) is 2.28. The number of methoxy groups -OCH3 is 1. The van der Waals surface area contributed by atoms with E-state index in [9.17, 15) is 0 Å². The molecule has 1 saturated heterocycles. The maximum atomic E-state index is 5.43. The molecule has 2 aliphatic rings. The van der Waals surface area contributed by atoms with Gasteiger partial charge in [0.15, 0.2) is 0 Å². The van der Waals surface area contributed by atoms with Gasteiger partial charge in [-0.15, -0.1) is 0 Å². The van der Waals surface area contributed by atoms with Crippen LogP contribution in [0.5, 0.6) is 0 Å². The van der Waals surface area contributed by atoms with E-state index in [1.54, 1.807) is 0 Å². The van der Waals surface area contributed by atoms with E-state index in [1.165, 1.54) is 45.1 Å². The molecule has 0 amide bonds. The minimum Gasteiger partial charge on any atom is -0.384 e. The second kappa shape index (κ2) is 6.72. The molecule has 3 nitrogen and oxygen atoms in total. The van der Waals surface area contributed by atoms with Crippen LogP contribution in [0.15, 0.2) is 0 Å². The third-order valence-corrected chi connectivity index (χ3v) is 4.57. The Bertz CT molecular complexity index is 205. The van der Waals surface area contributed by atoms with Crippen molar-refractivity contribution in [3.8, 4) is 0 Å². The molecule has 0 aromatic carbocycles. The van der Waals surface area contributed by atoms with Gasteiger partial charge in [0.1, 0.15) is 0 Å². The van der Waals surface area contributed by atoms with E-state index in [4.69, 9.17) is 4.74 Å². The van der Waals surface area contributed by atoms with Gasteiger partial charge in [-0.3, -0.25) is 0 Å². The van der Waals surface area contributed by atoms with E-state index in [1.807, 2.05) is 7.11 Å². The second-order valence-electron chi connectivity index (χ2n) is 5.95. The number of piperidine rings is 1. The fraction of sp³-hybridized carbons (Fsp3) is 1.00. The predicted molar refractivity (Wildman–Crippen MR) is 71.2 cm³/mol. The zero-order valence-corrected chi connectivity index (χ0v) is 11.3. The molecule has 1 aliphatic carbocycles. The molecule has 0 spiro atoms. The van der Waals surface area contributed by atoms with Gasteiger partial charge in [-0.2, -0.15) is 0 Å². The first-order valence-corrected chi connectivity index (χ1v) is 7.25. The van der Waals surface area contributed by atoms with Gasteiger partial charge in [0.2, 0.25) is 0 Å². The first kappa shape index (κ1) is 13.3. The van der Waals surface area contributed by atoms with E-state index in [-0.39, 0.29) is 0 Å². The number of nitrogens with one attached hydrogen (secondary N) is 2. The number of hydrogen-bond acceptors (Lipinski definition) is 3. The minimum atomic E-state index is 0.389. The van der Waals surface area contributed by atoms with Crippen molar-refractivity contribution < 1.29 is 4.74 Å². The largest absolute Gasteiger partial charge is 0.384 e. The van der Waals surface area contributed by atoms with Gasteiger partial charge >= 0.3 is 0 Å². The summed E-state index contributed by atoms with van der Waals surface area (Å²) in [6.07, 6.45) is 8.27. The number of hydrogen-bond donors (Lipinski definition) is 2. The summed E-state index contributed by atoms with van der Waals surface area (Å²) < 4.78 is 5.43. The molecule has 1 saturated carbocycles. The van der Waals surface area contributed by atoms with Crippen LogP contribution in [0.2, 0.25) is 0 Å². The molecular formula is C14H28N2O. The summed E-state index contributed by atoms with van der Waals surface area (Å²) in [5, 5.41) is 7.11. The summed E-state index contributed by atoms with van der Waals surface area (Å²) in [5.41, 5.74) is 0.389. The fourth-order valence-corrected chi connectivity index (χ4v) is 3.08. The topological polar surface area (TPSA) is 33.3 Å². The van der Waals surface area contributed by atoms with Crippen LogP contribution in [0.4, 0.5) is 0 Å². The van der Waals surface area contributed by atoms with Gasteiger partial charge in [-0.05, 0) is 44.8 Å². The van der Waals surface area contributed by atoms with E-state index in [0.717, 1.165) is 32.2 Å². The standard InChI is InChI=1S/C14H28N2O/c1-17-12-14(6-9-15-10-7-14)11-16-8-5-13-3-2-4-13/h13,15-16H,2-12H2,1H3. The summed E-state index contributed by atoms with van der Waals surface area (Å²) >= 11 is 0. The molecule has 0 unspecified atom stereocenters. The van der Waals surface area contributed by atoms with Gasteiger partial charge in [-0.25, -0.2) is 0 Å². The first-order valence-electron chi connectivity index (χ1n) is 7.25. The normalized spacial score (nSPS) is 24.5. The van der Waals surface area contributed by atoms with Crippen LogP contribution >= 0.6 is 0 Å². The van der Waals surface area contributed by atoms with Crippen LogP contribution < -0.4 is 10.6 Å². The number of rotatable bonds is 7. The molecular weight excluding hydrogens is 212 g/mol. The van der Waals surface area contributed by atoms with Crippen LogP contribution in [0.3, 0.4) is 0 Å². The Balaban J connectivity index is 1.65. The SMILES string of the molecule is COCC1(CNCCC2CCC2)CCNCC1. The molecule has 2 rings (SSSR count). The van der Waals surface area contributed by atoms with Gasteiger partial charge in [0, 0.05) is 19.1 Å². The molecule has 0 aromatic rings. The fourth-order valence-electron chi connectivity index (χ4n) is 3.08. The molecule has 3 heteroatoms. The lowest BCUT2D eigenvalue weighted by Crippen LogP contribution is -2.46. The lowest BCUT2D eigenvalue weighted by atomic mass is 9.79. The Morgan fingerprint density at radius 3 is 2.65 bits per heavy atom. The maximum absolute atomic E-state index is 5.43. The highest BCUT2D eigenvalue weighted by Gasteiger charge is 2.31. The molecule has 1 heterocycles. The van der Waals surface area contributed by atoms with E-state index in [2.05, 4.69) is 10.6 Å². The Morgan fingerprint density at radius 2 is 2.06 bits per heavy atom. The minimum absolute atomic E-state index is 0.389. The van der Waals surface area contributed by atoms with Crippen LogP contribution in [-0.4, -0.2) is 39.9 Å². The van der Waals surface area contributed by atoms with Crippen LogP contribution in [-0.2, 0) is 4.74 Å². The summed E-state index contributed by atoms with van der Waals surface area (Å²) in [4.78, 5) is 0. The quantitative estimate of drug-likeness (QED) is 0.666. The van der Waals surface area contributed by atoms with Crippen LogP contribution in [0, 0.1) is 11.3 Å². The first-order chi connectivity index (χ1) is 8.35. The van der Waals surface area contributed by atoms with Crippen molar-refractivity contribution in [2.24, 2.45) is 11.3 Å². The maximum Gasteiger partial charge on any atom is 0.0531 e. The summed E-state index contributed by atoms with van der Waals surface area (Å²) in [7, 11) is 1.83. The molecule has 2 N–H and O–H groups in total. The summed E-state index contributed by atoms with van der Waals surface area (Å²) in [5.74, 6) is 1.02. The van der Waals surface area contributed by atoms with Crippen LogP contribution in [0.1, 0.15) is 38.5 Å². The summed E-state index contributed by atoms with van der Waals surface area (Å²) in [6.45, 7) is 5.53. The van der Waals surface area contributed by atoms with Gasteiger partial charge < -0.3 is 15.4 Å². The monoisotopic (exact) mass is 240 g/mol. The van der Waals surface area contributed by atoms with Crippen LogP contribution in [0.25, 0.3) is 0 Å². The van der Waals surface area contributed by atoms with Gasteiger partial charge in [0.05, 0.1) is 6.61 Å². The zero-order chi connectivity index (χ0) is 12.0. The molecule has 0 bridgehead atoms. The Morgan fingerprint density at radius 1 is 1.29 bits per heavy atom. The van der Waals surface area contributed by atoms with E-state index in [0.29, 0.717) is 5.41 Å². The molecule has 0 aromatic heterocycles. The zero-order valence-electron chi connectivity index (χ0n) is 11.3. The van der Waals surface area contributed by atoms with Crippen molar-refractivity contribution in [3.63, 3.8) is 0 Å². The summed E-state index contributed by atoms with van der Waals surface area (Å²) in [6, 6.07) is 0. The lowest BCUT2D eigenvalue weighted by Gasteiger charge is -2.37. The highest BCUT2D eigenvalue weighted by molar-refractivity contribution is 4.86. The van der Waals surface area contributed by atoms with Gasteiger partial charge in [-0.1, -0.05) is 19.3 Å². The third-order valence-electron chi connectivity index (χ3n) is 4.57. The van der Waals surface area contributed by atoms with Crippen molar-refractivity contribution >= 4 is 0 Å². The molecule has 1 aliphatic heterocycles. The predicted octanol–water partition coefficient (Wildman–Crippen LogP) is 1.78. The third kappa shape index (κ3) is 3.94.